The molecule has 3 aromatic rings. The fraction of sp³-hybridized carbons (Fsp3) is 0.387. The predicted molar refractivity (Wildman–Crippen MR) is 159 cm³/mol. The quantitative estimate of drug-likeness (QED) is 0.328. The van der Waals surface area contributed by atoms with Gasteiger partial charge in [-0.15, -0.1) is 0 Å². The van der Waals surface area contributed by atoms with E-state index in [0.717, 1.165) is 12.1 Å². The number of likely N-dealkylation sites (N-methyl/N-ethyl adjacent to an activating group) is 1. The lowest BCUT2D eigenvalue weighted by molar-refractivity contribution is -0.137. The smallest absolute Gasteiger partial charge is 0.416 e. The SMILES string of the molecule is COc1ccc(S(=O)(=O)Nc2ccc3c(c2)C(=O)N([C@H](C)CO)C[C@@H](C)[C@@H](CN(C)Cc2ccc(C(F)(F)F)cc2)O3)cc1. The first-order chi connectivity index (χ1) is 20.7. The third-order valence-electron chi connectivity index (χ3n) is 7.51. The number of aliphatic hydroxyl groups is 1. The number of ether oxygens (including phenoxy) is 2. The number of benzene rings is 3. The Balaban J connectivity index is 1.59. The van der Waals surface area contributed by atoms with Gasteiger partial charge in [-0.3, -0.25) is 14.4 Å². The van der Waals surface area contributed by atoms with Crippen LogP contribution < -0.4 is 14.2 Å². The van der Waals surface area contributed by atoms with Crippen LogP contribution in [0.4, 0.5) is 18.9 Å². The molecule has 0 saturated heterocycles. The van der Waals surface area contributed by atoms with Crippen LogP contribution in [0.1, 0.15) is 35.3 Å². The Hall–Kier alpha value is -3.81. The molecule has 1 amide bonds. The number of hydrogen-bond acceptors (Lipinski definition) is 7. The number of carbonyl (C=O) groups is 1. The lowest BCUT2D eigenvalue weighted by atomic mass is 9.99. The molecule has 0 spiro atoms. The first-order valence-electron chi connectivity index (χ1n) is 14.0. The number of amides is 1. The highest BCUT2D eigenvalue weighted by molar-refractivity contribution is 7.92. The van der Waals surface area contributed by atoms with E-state index in [4.69, 9.17) is 9.47 Å². The van der Waals surface area contributed by atoms with Crippen molar-refractivity contribution in [3.8, 4) is 11.5 Å². The highest BCUT2D eigenvalue weighted by Crippen LogP contribution is 2.32. The van der Waals surface area contributed by atoms with Crippen molar-refractivity contribution >= 4 is 21.6 Å². The molecule has 238 valence electrons. The van der Waals surface area contributed by atoms with Gasteiger partial charge in [-0.05, 0) is 74.1 Å². The van der Waals surface area contributed by atoms with E-state index in [9.17, 15) is 31.5 Å². The molecule has 1 heterocycles. The fourth-order valence-corrected chi connectivity index (χ4v) is 6.00. The van der Waals surface area contributed by atoms with Gasteiger partial charge in [-0.25, -0.2) is 8.42 Å². The van der Waals surface area contributed by atoms with Gasteiger partial charge in [0.2, 0.25) is 0 Å². The topological polar surface area (TPSA) is 108 Å². The summed E-state index contributed by atoms with van der Waals surface area (Å²) in [5, 5.41) is 9.91. The molecule has 3 atom stereocenters. The Morgan fingerprint density at radius 3 is 2.36 bits per heavy atom. The summed E-state index contributed by atoms with van der Waals surface area (Å²) in [5.74, 6) is 0.136. The zero-order valence-corrected chi connectivity index (χ0v) is 25.7. The largest absolute Gasteiger partial charge is 0.497 e. The van der Waals surface area contributed by atoms with Gasteiger partial charge in [0.1, 0.15) is 17.6 Å². The zero-order valence-electron chi connectivity index (χ0n) is 24.8. The van der Waals surface area contributed by atoms with Gasteiger partial charge in [0, 0.05) is 31.2 Å². The van der Waals surface area contributed by atoms with E-state index in [-0.39, 0.29) is 41.0 Å². The summed E-state index contributed by atoms with van der Waals surface area (Å²) < 4.78 is 79.0. The standard InChI is InChI=1S/C31H36F3N3O6S/c1-20-16-37(21(2)19-38)30(39)27-15-24(35-44(40,41)26-12-10-25(42-4)11-13-26)9-14-28(27)43-29(20)18-36(3)17-22-5-7-23(8-6-22)31(32,33)34/h5-15,20-21,29,35,38H,16-19H2,1-4H3/t20-,21-,29-/m1/s1. The summed E-state index contributed by atoms with van der Waals surface area (Å²) in [6, 6.07) is 14.8. The first kappa shape index (κ1) is 33.1. The van der Waals surface area contributed by atoms with Gasteiger partial charge in [-0.1, -0.05) is 19.1 Å². The number of alkyl halides is 3. The van der Waals surface area contributed by atoms with Crippen molar-refractivity contribution in [3.05, 3.63) is 83.4 Å². The summed E-state index contributed by atoms with van der Waals surface area (Å²) in [4.78, 5) is 17.2. The average Bonchev–Trinajstić information content (AvgIpc) is 2.98. The van der Waals surface area contributed by atoms with Crippen molar-refractivity contribution in [1.82, 2.24) is 9.80 Å². The summed E-state index contributed by atoms with van der Waals surface area (Å²) in [5.41, 5.74) is 0.255. The fourth-order valence-electron chi connectivity index (χ4n) is 4.96. The molecule has 1 aliphatic heterocycles. The molecule has 3 aromatic carbocycles. The maximum absolute atomic E-state index is 13.7. The lowest BCUT2D eigenvalue weighted by Crippen LogP contribution is -2.49. The van der Waals surface area contributed by atoms with Crippen LogP contribution in [-0.2, 0) is 22.7 Å². The van der Waals surface area contributed by atoms with E-state index in [2.05, 4.69) is 4.72 Å². The number of fused-ring (bicyclic) bond motifs is 1. The molecular weight excluding hydrogens is 599 g/mol. The molecule has 44 heavy (non-hydrogen) atoms. The van der Waals surface area contributed by atoms with Crippen LogP contribution in [0.5, 0.6) is 11.5 Å². The van der Waals surface area contributed by atoms with Crippen LogP contribution in [0, 0.1) is 5.92 Å². The highest BCUT2D eigenvalue weighted by atomic mass is 32.2. The Labute approximate surface area is 255 Å². The van der Waals surface area contributed by atoms with Crippen LogP contribution in [0.15, 0.2) is 71.6 Å². The number of aliphatic hydroxyl groups excluding tert-OH is 1. The van der Waals surface area contributed by atoms with Crippen LogP contribution >= 0.6 is 0 Å². The summed E-state index contributed by atoms with van der Waals surface area (Å²) >= 11 is 0. The number of sulfonamides is 1. The van der Waals surface area contributed by atoms with Crippen molar-refractivity contribution < 1.29 is 41.0 Å². The average molecular weight is 636 g/mol. The molecule has 0 radical (unpaired) electrons. The Kier molecular flexibility index (Phi) is 10.1. The molecule has 0 aromatic heterocycles. The normalized spacial score (nSPS) is 18.2. The molecule has 0 fully saturated rings. The van der Waals surface area contributed by atoms with E-state index in [0.29, 0.717) is 24.4 Å². The third-order valence-corrected chi connectivity index (χ3v) is 8.91. The Bertz CT molecular complexity index is 1550. The monoisotopic (exact) mass is 635 g/mol. The van der Waals surface area contributed by atoms with Gasteiger partial charge in [0.15, 0.2) is 0 Å². The molecule has 0 aliphatic carbocycles. The second-order valence-corrected chi connectivity index (χ2v) is 12.7. The van der Waals surface area contributed by atoms with Crippen LogP contribution in [0.2, 0.25) is 0 Å². The summed E-state index contributed by atoms with van der Waals surface area (Å²) in [6.45, 7) is 4.35. The van der Waals surface area contributed by atoms with E-state index >= 15 is 0 Å². The van der Waals surface area contributed by atoms with Crippen molar-refractivity contribution in [3.63, 3.8) is 0 Å². The Morgan fingerprint density at radius 2 is 1.77 bits per heavy atom. The lowest BCUT2D eigenvalue weighted by Gasteiger charge is -2.38. The van der Waals surface area contributed by atoms with Crippen molar-refractivity contribution in [1.29, 1.82) is 0 Å². The van der Waals surface area contributed by atoms with E-state index < -0.39 is 39.8 Å². The van der Waals surface area contributed by atoms with Gasteiger partial charge in [-0.2, -0.15) is 13.2 Å². The molecule has 2 N–H and O–H groups in total. The van der Waals surface area contributed by atoms with Gasteiger partial charge >= 0.3 is 6.18 Å². The minimum atomic E-state index is -4.41. The molecule has 4 rings (SSSR count). The summed E-state index contributed by atoms with van der Waals surface area (Å²) in [6.07, 6.45) is -4.86. The number of hydrogen-bond donors (Lipinski definition) is 2. The zero-order chi connectivity index (χ0) is 32.2. The number of nitrogens with one attached hydrogen (secondary N) is 1. The number of nitrogens with zero attached hydrogens (tertiary/aromatic N) is 2. The van der Waals surface area contributed by atoms with Crippen molar-refractivity contribution in [2.45, 2.75) is 43.6 Å². The summed E-state index contributed by atoms with van der Waals surface area (Å²) in [7, 11) is -0.692. The minimum Gasteiger partial charge on any atom is -0.497 e. The maximum atomic E-state index is 13.7. The van der Waals surface area contributed by atoms with Crippen LogP contribution in [0.25, 0.3) is 0 Å². The second kappa shape index (κ2) is 13.4. The van der Waals surface area contributed by atoms with Gasteiger partial charge in [0.25, 0.3) is 15.9 Å². The molecule has 0 unspecified atom stereocenters. The maximum Gasteiger partial charge on any atom is 0.416 e. The number of rotatable bonds is 10. The molecular formula is C31H36F3N3O6S. The van der Waals surface area contributed by atoms with Gasteiger partial charge in [0.05, 0.1) is 35.8 Å². The van der Waals surface area contributed by atoms with Crippen LogP contribution in [0.3, 0.4) is 0 Å². The van der Waals surface area contributed by atoms with E-state index in [1.807, 2.05) is 18.9 Å². The van der Waals surface area contributed by atoms with E-state index in [1.165, 1.54) is 66.6 Å². The molecule has 13 heteroatoms. The number of anilines is 1. The molecule has 0 bridgehead atoms. The molecule has 1 aliphatic rings. The molecule has 9 nitrogen and oxygen atoms in total. The number of halogens is 3. The van der Waals surface area contributed by atoms with Crippen molar-refractivity contribution in [2.24, 2.45) is 5.92 Å². The second-order valence-electron chi connectivity index (χ2n) is 11.0. The molecule has 0 saturated carbocycles. The third kappa shape index (κ3) is 7.82. The van der Waals surface area contributed by atoms with E-state index in [1.54, 1.807) is 6.92 Å². The highest BCUT2D eigenvalue weighted by Gasteiger charge is 2.34. The first-order valence-corrected chi connectivity index (χ1v) is 15.4. The number of carbonyl (C=O) groups excluding carboxylic acids is 1. The van der Waals surface area contributed by atoms with Crippen molar-refractivity contribution in [2.75, 3.05) is 38.6 Å². The minimum absolute atomic E-state index is 0.00752. The van der Waals surface area contributed by atoms with Gasteiger partial charge < -0.3 is 19.5 Å². The number of methoxy groups -OCH3 is 1. The Morgan fingerprint density at radius 1 is 1.11 bits per heavy atom. The predicted octanol–water partition coefficient (Wildman–Crippen LogP) is 4.87. The van der Waals surface area contributed by atoms with Crippen LogP contribution in [-0.4, -0.2) is 75.2 Å².